The Kier molecular flexibility index (Phi) is 3.05. The van der Waals surface area contributed by atoms with Crippen LogP contribution < -0.4 is 4.74 Å². The van der Waals surface area contributed by atoms with Crippen LogP contribution in [0, 0.1) is 6.92 Å². The van der Waals surface area contributed by atoms with E-state index in [0.29, 0.717) is 5.75 Å². The second kappa shape index (κ2) is 4.66. The number of esters is 1. The number of aromatic carboxylic acids is 1. The number of carboxylic acids is 1. The summed E-state index contributed by atoms with van der Waals surface area (Å²) < 4.78 is 5.06. The van der Waals surface area contributed by atoms with Gasteiger partial charge in [0.2, 0.25) is 11.4 Å². The van der Waals surface area contributed by atoms with E-state index in [1.165, 1.54) is 0 Å². The number of ether oxygens (including phenoxy) is 1. The highest BCUT2D eigenvalue weighted by Crippen LogP contribution is 2.17. The van der Waals surface area contributed by atoms with Gasteiger partial charge < -0.3 is 9.84 Å². The van der Waals surface area contributed by atoms with Gasteiger partial charge in [-0.3, -0.25) is 0 Å². The SMILES string of the molecule is Cc1ccccc1OC(=O)c1n[nH]nc1C(=O)O. The summed E-state index contributed by atoms with van der Waals surface area (Å²) in [6.45, 7) is 1.77. The summed E-state index contributed by atoms with van der Waals surface area (Å²) in [4.78, 5) is 22.5. The van der Waals surface area contributed by atoms with Gasteiger partial charge in [-0.15, -0.1) is 10.2 Å². The average Bonchev–Trinajstić information content (AvgIpc) is 2.81. The minimum absolute atomic E-state index is 0.349. The van der Waals surface area contributed by atoms with Crippen LogP contribution in [0.5, 0.6) is 5.75 Å². The molecule has 0 aliphatic rings. The number of aromatic amines is 1. The highest BCUT2D eigenvalue weighted by molar-refractivity contribution is 6.00. The first kappa shape index (κ1) is 11.8. The van der Waals surface area contributed by atoms with Gasteiger partial charge in [0.15, 0.2) is 0 Å². The molecule has 1 aromatic carbocycles. The van der Waals surface area contributed by atoms with Gasteiger partial charge in [-0.25, -0.2) is 9.59 Å². The van der Waals surface area contributed by atoms with E-state index in [1.54, 1.807) is 31.2 Å². The van der Waals surface area contributed by atoms with Crippen LogP contribution in [-0.2, 0) is 0 Å². The van der Waals surface area contributed by atoms with Gasteiger partial charge in [0.1, 0.15) is 5.75 Å². The van der Waals surface area contributed by atoms with Crippen molar-refractivity contribution < 1.29 is 19.4 Å². The smallest absolute Gasteiger partial charge is 0.366 e. The maximum atomic E-state index is 11.7. The Morgan fingerprint density at radius 2 is 1.89 bits per heavy atom. The maximum Gasteiger partial charge on any atom is 0.366 e. The highest BCUT2D eigenvalue weighted by atomic mass is 16.5. The zero-order valence-corrected chi connectivity index (χ0v) is 9.38. The number of carboxylic acid groups (broad SMARTS) is 1. The number of hydrogen-bond donors (Lipinski definition) is 2. The molecule has 1 aromatic heterocycles. The number of aryl methyl sites for hydroxylation is 1. The van der Waals surface area contributed by atoms with Gasteiger partial charge in [0, 0.05) is 0 Å². The molecule has 0 aliphatic carbocycles. The quantitative estimate of drug-likeness (QED) is 0.620. The molecule has 0 saturated carbocycles. The fourth-order valence-corrected chi connectivity index (χ4v) is 1.34. The highest BCUT2D eigenvalue weighted by Gasteiger charge is 2.23. The zero-order valence-electron chi connectivity index (χ0n) is 9.38. The number of nitrogens with zero attached hydrogens (tertiary/aromatic N) is 2. The zero-order chi connectivity index (χ0) is 13.1. The predicted molar refractivity (Wildman–Crippen MR) is 59.5 cm³/mol. The summed E-state index contributed by atoms with van der Waals surface area (Å²) in [5.74, 6) is -1.86. The lowest BCUT2D eigenvalue weighted by molar-refractivity contribution is 0.0661. The van der Waals surface area contributed by atoms with E-state index >= 15 is 0 Å². The fraction of sp³-hybridized carbons (Fsp3) is 0.0909. The van der Waals surface area contributed by atoms with E-state index in [1.807, 2.05) is 0 Å². The standard InChI is InChI=1S/C11H9N3O4/c1-6-4-2-3-5-7(6)18-11(17)9-8(10(15)16)12-14-13-9/h2-5H,1H3,(H,15,16)(H,12,13,14). The third kappa shape index (κ3) is 2.19. The summed E-state index contributed by atoms with van der Waals surface area (Å²) in [6, 6.07) is 6.87. The molecule has 92 valence electrons. The largest absolute Gasteiger partial charge is 0.476 e. The molecule has 7 nitrogen and oxygen atoms in total. The molecule has 0 radical (unpaired) electrons. The molecular formula is C11H9N3O4. The minimum Gasteiger partial charge on any atom is -0.476 e. The number of rotatable bonds is 3. The van der Waals surface area contributed by atoms with E-state index in [9.17, 15) is 9.59 Å². The summed E-state index contributed by atoms with van der Waals surface area (Å²) >= 11 is 0. The summed E-state index contributed by atoms with van der Waals surface area (Å²) in [5.41, 5.74) is -0.0643. The van der Waals surface area contributed by atoms with Gasteiger partial charge in [-0.2, -0.15) is 5.21 Å². The van der Waals surface area contributed by atoms with Crippen molar-refractivity contribution in [2.24, 2.45) is 0 Å². The first-order chi connectivity index (χ1) is 8.59. The lowest BCUT2D eigenvalue weighted by Crippen LogP contribution is -2.14. The predicted octanol–water partition coefficient (Wildman–Crippen LogP) is 1.03. The monoisotopic (exact) mass is 247 g/mol. The Bertz CT molecular complexity index is 606. The minimum atomic E-state index is -1.35. The number of H-pyrrole nitrogens is 1. The average molecular weight is 247 g/mol. The number of carbonyl (C=O) groups excluding carboxylic acids is 1. The second-order valence-electron chi connectivity index (χ2n) is 3.48. The van der Waals surface area contributed by atoms with E-state index in [2.05, 4.69) is 15.4 Å². The van der Waals surface area contributed by atoms with Crippen LogP contribution in [0.4, 0.5) is 0 Å². The molecule has 2 rings (SSSR count). The maximum absolute atomic E-state index is 11.7. The Hall–Kier alpha value is -2.70. The lowest BCUT2D eigenvalue weighted by Gasteiger charge is -2.05. The van der Waals surface area contributed by atoms with Crippen LogP contribution in [0.2, 0.25) is 0 Å². The van der Waals surface area contributed by atoms with Crippen LogP contribution in [-0.4, -0.2) is 32.5 Å². The Balaban J connectivity index is 2.25. The first-order valence-corrected chi connectivity index (χ1v) is 5.01. The third-order valence-corrected chi connectivity index (χ3v) is 2.24. The molecule has 0 bridgehead atoms. The molecular weight excluding hydrogens is 238 g/mol. The molecule has 18 heavy (non-hydrogen) atoms. The Morgan fingerprint density at radius 3 is 2.56 bits per heavy atom. The van der Waals surface area contributed by atoms with Crippen molar-refractivity contribution >= 4 is 11.9 Å². The molecule has 0 amide bonds. The number of benzene rings is 1. The molecule has 0 spiro atoms. The van der Waals surface area contributed by atoms with Crippen LogP contribution in [0.15, 0.2) is 24.3 Å². The van der Waals surface area contributed by atoms with Gasteiger partial charge in [0.25, 0.3) is 0 Å². The lowest BCUT2D eigenvalue weighted by atomic mass is 10.2. The van der Waals surface area contributed by atoms with Crippen molar-refractivity contribution in [3.05, 3.63) is 41.2 Å². The van der Waals surface area contributed by atoms with E-state index in [-0.39, 0.29) is 5.69 Å². The molecule has 0 atom stereocenters. The summed E-state index contributed by atoms with van der Waals surface area (Å²) in [7, 11) is 0. The fourth-order valence-electron chi connectivity index (χ4n) is 1.34. The number of aromatic nitrogens is 3. The van der Waals surface area contributed by atoms with Crippen molar-refractivity contribution in [1.82, 2.24) is 15.4 Å². The Morgan fingerprint density at radius 1 is 1.22 bits per heavy atom. The number of nitrogens with one attached hydrogen (secondary N) is 1. The van der Waals surface area contributed by atoms with Gasteiger partial charge in [0.05, 0.1) is 0 Å². The van der Waals surface area contributed by atoms with Gasteiger partial charge in [-0.05, 0) is 18.6 Å². The van der Waals surface area contributed by atoms with E-state index < -0.39 is 17.6 Å². The topological polar surface area (TPSA) is 105 Å². The second-order valence-corrected chi connectivity index (χ2v) is 3.48. The Labute approximate surface area is 101 Å². The van der Waals surface area contributed by atoms with Crippen molar-refractivity contribution in [1.29, 1.82) is 0 Å². The van der Waals surface area contributed by atoms with Crippen molar-refractivity contribution in [3.8, 4) is 5.75 Å². The third-order valence-electron chi connectivity index (χ3n) is 2.24. The van der Waals surface area contributed by atoms with Crippen LogP contribution in [0.25, 0.3) is 0 Å². The van der Waals surface area contributed by atoms with Crippen LogP contribution in [0.3, 0.4) is 0 Å². The molecule has 2 aromatic rings. The van der Waals surface area contributed by atoms with Crippen LogP contribution >= 0.6 is 0 Å². The van der Waals surface area contributed by atoms with Crippen molar-refractivity contribution in [2.45, 2.75) is 6.92 Å². The molecule has 0 unspecified atom stereocenters. The molecule has 2 N–H and O–H groups in total. The summed E-state index contributed by atoms with van der Waals surface area (Å²) in [5, 5.41) is 17.7. The first-order valence-electron chi connectivity index (χ1n) is 5.01. The normalized spacial score (nSPS) is 10.1. The molecule has 7 heteroatoms. The molecule has 1 heterocycles. The van der Waals surface area contributed by atoms with Crippen molar-refractivity contribution in [3.63, 3.8) is 0 Å². The van der Waals surface area contributed by atoms with E-state index in [0.717, 1.165) is 5.56 Å². The van der Waals surface area contributed by atoms with E-state index in [4.69, 9.17) is 9.84 Å². The molecule has 0 fully saturated rings. The summed E-state index contributed by atoms with van der Waals surface area (Å²) in [6.07, 6.45) is 0. The molecule has 0 saturated heterocycles. The van der Waals surface area contributed by atoms with Gasteiger partial charge >= 0.3 is 11.9 Å². The van der Waals surface area contributed by atoms with Gasteiger partial charge in [-0.1, -0.05) is 18.2 Å². The number of hydrogen-bond acceptors (Lipinski definition) is 5. The number of para-hydroxylation sites is 1. The number of carbonyl (C=O) groups is 2. The molecule has 0 aliphatic heterocycles. The van der Waals surface area contributed by atoms with Crippen LogP contribution in [0.1, 0.15) is 26.5 Å². The van der Waals surface area contributed by atoms with Crippen molar-refractivity contribution in [2.75, 3.05) is 0 Å².